The maximum Gasteiger partial charge on any atom is 0.266 e. The van der Waals surface area contributed by atoms with Crippen molar-refractivity contribution < 1.29 is 13.9 Å². The SMILES string of the molecule is O=C(NC[C@@H]1CCCO1)c1ccc2c(=O)n(-c3ccc(F)cc3)c(=S)[nH]c2c1. The topological polar surface area (TPSA) is 76.1 Å². The number of amides is 1. The molecule has 2 N–H and O–H groups in total. The van der Waals surface area contributed by atoms with Crippen LogP contribution in [-0.2, 0) is 4.74 Å². The maximum atomic E-state index is 13.2. The number of carbonyl (C=O) groups is 1. The predicted molar refractivity (Wildman–Crippen MR) is 106 cm³/mol. The summed E-state index contributed by atoms with van der Waals surface area (Å²) < 4.78 is 20.1. The third-order valence-electron chi connectivity index (χ3n) is 4.76. The number of ether oxygens (including phenoxy) is 1. The third kappa shape index (κ3) is 3.61. The van der Waals surface area contributed by atoms with Crippen molar-refractivity contribution in [1.29, 1.82) is 0 Å². The fourth-order valence-electron chi connectivity index (χ4n) is 3.30. The molecule has 0 unspecified atom stereocenters. The largest absolute Gasteiger partial charge is 0.376 e. The van der Waals surface area contributed by atoms with E-state index in [1.54, 1.807) is 18.2 Å². The van der Waals surface area contributed by atoms with Crippen LogP contribution in [-0.4, -0.2) is 34.7 Å². The van der Waals surface area contributed by atoms with Crippen molar-refractivity contribution in [2.75, 3.05) is 13.2 Å². The van der Waals surface area contributed by atoms with Crippen LogP contribution in [0.2, 0.25) is 0 Å². The van der Waals surface area contributed by atoms with Gasteiger partial charge in [0.15, 0.2) is 4.77 Å². The van der Waals surface area contributed by atoms with Crippen molar-refractivity contribution in [3.05, 3.63) is 69.0 Å². The molecule has 1 aromatic heterocycles. The fourth-order valence-corrected chi connectivity index (χ4v) is 3.60. The zero-order chi connectivity index (χ0) is 19.7. The molecule has 2 heterocycles. The van der Waals surface area contributed by atoms with Crippen LogP contribution in [0.4, 0.5) is 4.39 Å². The number of hydrogen-bond acceptors (Lipinski definition) is 4. The van der Waals surface area contributed by atoms with Crippen molar-refractivity contribution in [3.8, 4) is 5.69 Å². The average Bonchev–Trinajstić information content (AvgIpc) is 3.21. The molecule has 144 valence electrons. The second-order valence-electron chi connectivity index (χ2n) is 6.65. The van der Waals surface area contributed by atoms with Crippen molar-refractivity contribution in [2.45, 2.75) is 18.9 Å². The minimum atomic E-state index is -0.397. The molecule has 1 atom stereocenters. The van der Waals surface area contributed by atoms with Crippen LogP contribution in [0.5, 0.6) is 0 Å². The molecular weight excluding hydrogens is 381 g/mol. The number of hydrogen-bond donors (Lipinski definition) is 2. The molecule has 0 saturated carbocycles. The normalized spacial score (nSPS) is 16.4. The second-order valence-corrected chi connectivity index (χ2v) is 7.04. The molecule has 3 aromatic rings. The van der Waals surface area contributed by atoms with Gasteiger partial charge in [0.1, 0.15) is 5.82 Å². The number of H-pyrrole nitrogens is 1. The highest BCUT2D eigenvalue weighted by atomic mass is 32.1. The van der Waals surface area contributed by atoms with Crippen molar-refractivity contribution >= 4 is 29.0 Å². The Kier molecular flexibility index (Phi) is 5.06. The van der Waals surface area contributed by atoms with E-state index in [0.29, 0.717) is 28.7 Å². The first-order valence-corrected chi connectivity index (χ1v) is 9.38. The first kappa shape index (κ1) is 18.5. The van der Waals surface area contributed by atoms with Crippen LogP contribution in [0.3, 0.4) is 0 Å². The van der Waals surface area contributed by atoms with E-state index >= 15 is 0 Å². The lowest BCUT2D eigenvalue weighted by Gasteiger charge is -2.12. The minimum Gasteiger partial charge on any atom is -0.376 e. The lowest BCUT2D eigenvalue weighted by molar-refractivity contribution is 0.0858. The lowest BCUT2D eigenvalue weighted by atomic mass is 10.1. The Morgan fingerprint density at radius 2 is 2.07 bits per heavy atom. The Hall–Kier alpha value is -2.84. The number of benzene rings is 2. The monoisotopic (exact) mass is 399 g/mol. The molecule has 1 fully saturated rings. The summed E-state index contributed by atoms with van der Waals surface area (Å²) in [4.78, 5) is 28.3. The number of carbonyl (C=O) groups excluding carboxylic acids is 1. The molecule has 0 bridgehead atoms. The van der Waals surface area contributed by atoms with Gasteiger partial charge in [-0.2, -0.15) is 0 Å². The molecule has 2 aromatic carbocycles. The molecule has 6 nitrogen and oxygen atoms in total. The van der Waals surface area contributed by atoms with E-state index in [1.165, 1.54) is 28.8 Å². The number of aromatic nitrogens is 2. The van der Waals surface area contributed by atoms with Crippen LogP contribution >= 0.6 is 12.2 Å². The Balaban J connectivity index is 1.66. The molecule has 8 heteroatoms. The zero-order valence-corrected chi connectivity index (χ0v) is 15.7. The van der Waals surface area contributed by atoms with Gasteiger partial charge >= 0.3 is 0 Å². The number of nitrogens with one attached hydrogen (secondary N) is 2. The van der Waals surface area contributed by atoms with E-state index in [9.17, 15) is 14.0 Å². The standard InChI is InChI=1S/C20H18FN3O3S/c21-13-4-6-14(7-5-13)24-19(26)16-8-3-12(10-17(16)23-20(24)28)18(25)22-11-15-2-1-9-27-15/h3-8,10,15H,1-2,9,11H2,(H,22,25)(H,23,28)/t15-/m0/s1. The van der Waals surface area contributed by atoms with E-state index < -0.39 is 5.82 Å². The first-order chi connectivity index (χ1) is 13.5. The number of halogens is 1. The number of rotatable bonds is 4. The van der Waals surface area contributed by atoms with Crippen LogP contribution in [0.25, 0.3) is 16.6 Å². The van der Waals surface area contributed by atoms with E-state index in [2.05, 4.69) is 10.3 Å². The molecule has 1 amide bonds. The van der Waals surface area contributed by atoms with Gasteiger partial charge < -0.3 is 15.0 Å². The van der Waals surface area contributed by atoms with Gasteiger partial charge in [0.2, 0.25) is 0 Å². The van der Waals surface area contributed by atoms with E-state index in [0.717, 1.165) is 19.4 Å². The molecule has 4 rings (SSSR count). The molecule has 1 aliphatic rings. The van der Waals surface area contributed by atoms with Gasteiger partial charge in [-0.1, -0.05) is 0 Å². The van der Waals surface area contributed by atoms with E-state index in [4.69, 9.17) is 17.0 Å². The molecule has 0 radical (unpaired) electrons. The summed E-state index contributed by atoms with van der Waals surface area (Å²) in [5.74, 6) is -0.634. The summed E-state index contributed by atoms with van der Waals surface area (Å²) in [6, 6.07) is 10.3. The number of fused-ring (bicyclic) bond motifs is 1. The third-order valence-corrected chi connectivity index (χ3v) is 5.04. The fraction of sp³-hybridized carbons (Fsp3) is 0.250. The van der Waals surface area contributed by atoms with Crippen LogP contribution in [0, 0.1) is 10.6 Å². The Bertz CT molecular complexity index is 1150. The highest BCUT2D eigenvalue weighted by Gasteiger charge is 2.17. The van der Waals surface area contributed by atoms with Gasteiger partial charge in [0, 0.05) is 18.7 Å². The summed E-state index contributed by atoms with van der Waals surface area (Å²) in [5.41, 5.74) is 1.03. The quantitative estimate of drug-likeness (QED) is 0.661. The van der Waals surface area contributed by atoms with Gasteiger partial charge in [0.05, 0.1) is 22.7 Å². The Morgan fingerprint density at radius 1 is 1.29 bits per heavy atom. The summed E-state index contributed by atoms with van der Waals surface area (Å²) >= 11 is 5.31. The van der Waals surface area contributed by atoms with E-state index in [1.807, 2.05) is 0 Å². The first-order valence-electron chi connectivity index (χ1n) is 8.98. The summed E-state index contributed by atoms with van der Waals surface area (Å²) in [6.07, 6.45) is 2.00. The molecule has 0 aliphatic carbocycles. The van der Waals surface area contributed by atoms with Gasteiger partial charge in [-0.15, -0.1) is 0 Å². The smallest absolute Gasteiger partial charge is 0.266 e. The van der Waals surface area contributed by atoms with Crippen LogP contribution < -0.4 is 10.9 Å². The van der Waals surface area contributed by atoms with Crippen molar-refractivity contribution in [2.24, 2.45) is 0 Å². The average molecular weight is 399 g/mol. The van der Waals surface area contributed by atoms with Crippen LogP contribution in [0.15, 0.2) is 47.3 Å². The molecule has 28 heavy (non-hydrogen) atoms. The summed E-state index contributed by atoms with van der Waals surface area (Å²) in [7, 11) is 0. The summed E-state index contributed by atoms with van der Waals surface area (Å²) in [5, 5.41) is 3.24. The molecule has 1 saturated heterocycles. The number of aromatic amines is 1. The Morgan fingerprint density at radius 3 is 2.79 bits per heavy atom. The van der Waals surface area contributed by atoms with Crippen molar-refractivity contribution in [3.63, 3.8) is 0 Å². The highest BCUT2D eigenvalue weighted by molar-refractivity contribution is 7.71. The van der Waals surface area contributed by atoms with Gasteiger partial charge in [-0.3, -0.25) is 14.2 Å². The molecule has 1 aliphatic heterocycles. The molecule has 0 spiro atoms. The van der Waals surface area contributed by atoms with Crippen LogP contribution in [0.1, 0.15) is 23.2 Å². The lowest BCUT2D eigenvalue weighted by Crippen LogP contribution is -2.31. The number of nitrogens with zero attached hydrogens (tertiary/aromatic N) is 1. The molecular formula is C20H18FN3O3S. The highest BCUT2D eigenvalue weighted by Crippen LogP contribution is 2.15. The van der Waals surface area contributed by atoms with Gasteiger partial charge in [-0.25, -0.2) is 4.39 Å². The predicted octanol–water partition coefficient (Wildman–Crippen LogP) is 3.10. The van der Waals surface area contributed by atoms with Gasteiger partial charge in [-0.05, 0) is 67.5 Å². The van der Waals surface area contributed by atoms with Gasteiger partial charge in [0.25, 0.3) is 11.5 Å². The minimum absolute atomic E-state index is 0.0538. The van der Waals surface area contributed by atoms with Crippen molar-refractivity contribution in [1.82, 2.24) is 14.9 Å². The summed E-state index contributed by atoms with van der Waals surface area (Å²) in [6.45, 7) is 1.19. The zero-order valence-electron chi connectivity index (χ0n) is 14.9. The second kappa shape index (κ2) is 7.65. The Labute approximate surface area is 165 Å². The maximum absolute atomic E-state index is 13.2. The van der Waals surface area contributed by atoms with E-state index in [-0.39, 0.29) is 22.3 Å².